The third kappa shape index (κ3) is 0.905. The highest BCUT2D eigenvalue weighted by Crippen LogP contribution is 2.46. The molecule has 0 spiro atoms. The van der Waals surface area contributed by atoms with Crippen LogP contribution in [0.1, 0.15) is 13.3 Å². The molecule has 1 fully saturated rings. The van der Waals surface area contributed by atoms with Crippen LogP contribution >= 0.6 is 0 Å². The molecule has 1 saturated heterocycles. The maximum atomic E-state index is 12.1. The molecule has 1 nitrogen and oxygen atoms in total. The zero-order valence-electron chi connectivity index (χ0n) is 5.66. The first-order valence-corrected chi connectivity index (χ1v) is 3.16. The zero-order valence-corrected chi connectivity index (χ0v) is 5.66. The van der Waals surface area contributed by atoms with Gasteiger partial charge in [-0.3, -0.25) is 0 Å². The Kier molecular flexibility index (Phi) is 1.66. The molecule has 1 aliphatic rings. The van der Waals surface area contributed by atoms with E-state index >= 15 is 0 Å². The van der Waals surface area contributed by atoms with Crippen molar-refractivity contribution in [2.45, 2.75) is 19.5 Å². The lowest BCUT2D eigenvalue weighted by atomic mass is 9.82. The summed E-state index contributed by atoms with van der Waals surface area (Å²) in [6.07, 6.45) is -3.96. The van der Waals surface area contributed by atoms with Crippen LogP contribution in [0.15, 0.2) is 0 Å². The highest BCUT2D eigenvalue weighted by atomic mass is 19.4. The molecule has 1 aliphatic heterocycles. The Morgan fingerprint density at radius 3 is 1.90 bits per heavy atom. The van der Waals surface area contributed by atoms with Crippen LogP contribution in [0.25, 0.3) is 0 Å². The lowest BCUT2D eigenvalue weighted by Crippen LogP contribution is -2.53. The third-order valence-corrected chi connectivity index (χ3v) is 2.03. The predicted octanol–water partition coefficient (Wildman–Crippen LogP) is 1.98. The molecular formula is C6H9F3O. The average molecular weight is 154 g/mol. The molecule has 0 atom stereocenters. The lowest BCUT2D eigenvalue weighted by Gasteiger charge is -2.41. The summed E-state index contributed by atoms with van der Waals surface area (Å²) in [7, 11) is 0. The van der Waals surface area contributed by atoms with Crippen molar-refractivity contribution in [3.63, 3.8) is 0 Å². The van der Waals surface area contributed by atoms with Gasteiger partial charge in [0.15, 0.2) is 0 Å². The van der Waals surface area contributed by atoms with Crippen molar-refractivity contribution in [1.29, 1.82) is 0 Å². The van der Waals surface area contributed by atoms with Crippen LogP contribution in [0, 0.1) is 5.41 Å². The lowest BCUT2D eigenvalue weighted by molar-refractivity contribution is -0.303. The molecule has 0 amide bonds. The molecule has 0 aliphatic carbocycles. The minimum Gasteiger partial charge on any atom is -0.379 e. The van der Waals surface area contributed by atoms with Crippen LogP contribution < -0.4 is 0 Å². The summed E-state index contributed by atoms with van der Waals surface area (Å²) in [4.78, 5) is 0. The van der Waals surface area contributed by atoms with Crippen LogP contribution in [-0.2, 0) is 4.74 Å². The van der Waals surface area contributed by atoms with E-state index < -0.39 is 11.6 Å². The van der Waals surface area contributed by atoms with Gasteiger partial charge in [-0.2, -0.15) is 13.2 Å². The number of hydrogen-bond donors (Lipinski definition) is 0. The van der Waals surface area contributed by atoms with Gasteiger partial charge in [0.25, 0.3) is 0 Å². The molecule has 0 N–H and O–H groups in total. The van der Waals surface area contributed by atoms with E-state index in [1.807, 2.05) is 0 Å². The van der Waals surface area contributed by atoms with E-state index in [1.165, 1.54) is 6.92 Å². The van der Waals surface area contributed by atoms with Gasteiger partial charge < -0.3 is 4.74 Å². The SMILES string of the molecule is CCC1(C(F)(F)F)COC1. The molecule has 0 saturated carbocycles. The highest BCUT2D eigenvalue weighted by molar-refractivity contribution is 4.90. The molecule has 0 aromatic carbocycles. The molecule has 0 radical (unpaired) electrons. The minimum atomic E-state index is -4.08. The molecule has 10 heavy (non-hydrogen) atoms. The Hall–Kier alpha value is -0.250. The van der Waals surface area contributed by atoms with Crippen molar-refractivity contribution >= 4 is 0 Å². The van der Waals surface area contributed by atoms with Crippen molar-refractivity contribution in [2.75, 3.05) is 13.2 Å². The molecule has 1 rings (SSSR count). The first-order chi connectivity index (χ1) is 4.52. The maximum Gasteiger partial charge on any atom is 0.398 e. The zero-order chi connectivity index (χ0) is 7.83. The smallest absolute Gasteiger partial charge is 0.379 e. The van der Waals surface area contributed by atoms with Gasteiger partial charge in [0.05, 0.1) is 13.2 Å². The van der Waals surface area contributed by atoms with E-state index in [0.717, 1.165) is 0 Å². The maximum absolute atomic E-state index is 12.1. The van der Waals surface area contributed by atoms with E-state index in [9.17, 15) is 13.2 Å². The molecule has 4 heteroatoms. The molecule has 0 aromatic heterocycles. The van der Waals surface area contributed by atoms with Crippen LogP contribution in [0.3, 0.4) is 0 Å². The molecule has 0 unspecified atom stereocenters. The van der Waals surface area contributed by atoms with Gasteiger partial charge in [-0.1, -0.05) is 6.92 Å². The summed E-state index contributed by atoms with van der Waals surface area (Å²) in [5.74, 6) is 0. The van der Waals surface area contributed by atoms with Gasteiger partial charge >= 0.3 is 6.18 Å². The normalized spacial score (nSPS) is 24.0. The van der Waals surface area contributed by atoms with Gasteiger partial charge in [-0.15, -0.1) is 0 Å². The first-order valence-electron chi connectivity index (χ1n) is 3.16. The fraction of sp³-hybridized carbons (Fsp3) is 1.00. The number of hydrogen-bond acceptors (Lipinski definition) is 1. The Bertz CT molecular complexity index is 120. The van der Waals surface area contributed by atoms with Crippen LogP contribution in [-0.4, -0.2) is 19.4 Å². The third-order valence-electron chi connectivity index (χ3n) is 2.03. The van der Waals surface area contributed by atoms with Gasteiger partial charge in [-0.05, 0) is 6.42 Å². The Balaban J connectivity index is 2.65. The van der Waals surface area contributed by atoms with Gasteiger partial charge in [0.1, 0.15) is 5.41 Å². The van der Waals surface area contributed by atoms with Gasteiger partial charge in [0, 0.05) is 0 Å². The highest BCUT2D eigenvalue weighted by Gasteiger charge is 2.58. The summed E-state index contributed by atoms with van der Waals surface area (Å²) >= 11 is 0. The monoisotopic (exact) mass is 154 g/mol. The van der Waals surface area contributed by atoms with Crippen LogP contribution in [0.4, 0.5) is 13.2 Å². The standard InChI is InChI=1S/C6H9F3O/c1-2-5(3-10-4-5)6(7,8)9/h2-4H2,1H3. The minimum absolute atomic E-state index is 0.122. The van der Waals surface area contributed by atoms with Crippen molar-refractivity contribution in [2.24, 2.45) is 5.41 Å². The largest absolute Gasteiger partial charge is 0.398 e. The van der Waals surface area contributed by atoms with Crippen molar-refractivity contribution < 1.29 is 17.9 Å². The number of halogens is 3. The van der Waals surface area contributed by atoms with Gasteiger partial charge in [0.2, 0.25) is 0 Å². The second-order valence-electron chi connectivity index (χ2n) is 2.62. The van der Waals surface area contributed by atoms with Crippen LogP contribution in [0.2, 0.25) is 0 Å². The topological polar surface area (TPSA) is 9.23 Å². The van der Waals surface area contributed by atoms with E-state index in [0.29, 0.717) is 0 Å². The van der Waals surface area contributed by atoms with E-state index in [1.54, 1.807) is 0 Å². The molecule has 1 heterocycles. The number of ether oxygens (including phenoxy) is 1. The fourth-order valence-corrected chi connectivity index (χ4v) is 0.917. The average Bonchev–Trinajstić information content (AvgIpc) is 1.58. The van der Waals surface area contributed by atoms with E-state index in [4.69, 9.17) is 0 Å². The van der Waals surface area contributed by atoms with Crippen molar-refractivity contribution in [1.82, 2.24) is 0 Å². The van der Waals surface area contributed by atoms with Crippen molar-refractivity contribution in [3.05, 3.63) is 0 Å². The van der Waals surface area contributed by atoms with Gasteiger partial charge in [-0.25, -0.2) is 0 Å². The summed E-state index contributed by atoms with van der Waals surface area (Å²) in [6, 6.07) is 0. The summed E-state index contributed by atoms with van der Waals surface area (Å²) < 4.78 is 40.8. The molecule has 0 bridgehead atoms. The van der Waals surface area contributed by atoms with Crippen LogP contribution in [0.5, 0.6) is 0 Å². The first kappa shape index (κ1) is 7.85. The Morgan fingerprint density at radius 2 is 1.90 bits per heavy atom. The summed E-state index contributed by atoms with van der Waals surface area (Å²) in [6.45, 7) is 1.22. The Morgan fingerprint density at radius 1 is 1.40 bits per heavy atom. The number of rotatable bonds is 1. The summed E-state index contributed by atoms with van der Waals surface area (Å²) in [5.41, 5.74) is -1.52. The molecule has 0 aromatic rings. The summed E-state index contributed by atoms with van der Waals surface area (Å²) in [5, 5.41) is 0. The predicted molar refractivity (Wildman–Crippen MR) is 29.6 cm³/mol. The second-order valence-corrected chi connectivity index (χ2v) is 2.62. The molecule has 60 valence electrons. The van der Waals surface area contributed by atoms with E-state index in [2.05, 4.69) is 4.74 Å². The number of alkyl halides is 3. The Labute approximate surface area is 57.2 Å². The fourth-order valence-electron chi connectivity index (χ4n) is 0.917. The quantitative estimate of drug-likeness (QED) is 0.561. The molecular weight excluding hydrogens is 145 g/mol. The van der Waals surface area contributed by atoms with E-state index in [-0.39, 0.29) is 19.6 Å². The second kappa shape index (κ2) is 2.12. The van der Waals surface area contributed by atoms with Crippen molar-refractivity contribution in [3.8, 4) is 0 Å².